The second-order valence-electron chi connectivity index (χ2n) is 8.56. The van der Waals surface area contributed by atoms with Gasteiger partial charge in [-0.05, 0) is 42.0 Å². The molecule has 0 aromatic heterocycles. The van der Waals surface area contributed by atoms with Crippen LogP contribution in [0.25, 0.3) is 10.8 Å². The first-order valence-corrected chi connectivity index (χ1v) is 11.7. The van der Waals surface area contributed by atoms with Crippen LogP contribution in [0.5, 0.6) is 0 Å². The SMILES string of the molecule is CC(C)C[C@@H](C(=O)O)N(C(=O)c1ccccc1)c1cc(NC[C@@H](N)CS)c2ccccc2c1. The number of nitrogens with one attached hydrogen (secondary N) is 1. The zero-order valence-corrected chi connectivity index (χ0v) is 19.8. The third-order valence-corrected chi connectivity index (χ3v) is 5.91. The second-order valence-corrected chi connectivity index (χ2v) is 8.93. The number of nitrogens with zero attached hydrogens (tertiary/aromatic N) is 1. The van der Waals surface area contributed by atoms with Gasteiger partial charge in [0.05, 0.1) is 0 Å². The maximum Gasteiger partial charge on any atom is 0.326 e. The summed E-state index contributed by atoms with van der Waals surface area (Å²) in [7, 11) is 0. The Kier molecular flexibility index (Phi) is 8.36. The van der Waals surface area contributed by atoms with Crippen molar-refractivity contribution in [2.24, 2.45) is 11.7 Å². The number of aliphatic carboxylic acids is 1. The molecule has 174 valence electrons. The fraction of sp³-hybridized carbons (Fsp3) is 0.308. The van der Waals surface area contributed by atoms with Gasteiger partial charge in [0.2, 0.25) is 0 Å². The fourth-order valence-corrected chi connectivity index (χ4v) is 3.94. The number of hydrogen-bond acceptors (Lipinski definition) is 5. The molecule has 0 spiro atoms. The van der Waals surface area contributed by atoms with Crippen molar-refractivity contribution in [3.63, 3.8) is 0 Å². The van der Waals surface area contributed by atoms with Gasteiger partial charge in [0.1, 0.15) is 6.04 Å². The fourth-order valence-electron chi connectivity index (χ4n) is 3.81. The van der Waals surface area contributed by atoms with Crippen molar-refractivity contribution in [1.82, 2.24) is 0 Å². The normalized spacial score (nSPS) is 13.0. The Morgan fingerprint density at radius 1 is 1.06 bits per heavy atom. The highest BCUT2D eigenvalue weighted by Crippen LogP contribution is 2.33. The van der Waals surface area contributed by atoms with Gasteiger partial charge in [-0.1, -0.05) is 56.3 Å². The van der Waals surface area contributed by atoms with Crippen molar-refractivity contribution in [2.45, 2.75) is 32.4 Å². The van der Waals surface area contributed by atoms with Crippen LogP contribution in [0.1, 0.15) is 30.6 Å². The molecule has 0 aliphatic carbocycles. The van der Waals surface area contributed by atoms with Crippen molar-refractivity contribution < 1.29 is 14.7 Å². The number of nitrogens with two attached hydrogens (primary N) is 1. The predicted octanol–water partition coefficient (Wildman–Crippen LogP) is 4.65. The lowest BCUT2D eigenvalue weighted by Gasteiger charge is -2.31. The summed E-state index contributed by atoms with van der Waals surface area (Å²) >= 11 is 4.25. The topological polar surface area (TPSA) is 95.7 Å². The zero-order valence-electron chi connectivity index (χ0n) is 18.9. The van der Waals surface area contributed by atoms with Crippen LogP contribution in [0.4, 0.5) is 11.4 Å². The van der Waals surface area contributed by atoms with Gasteiger partial charge in [-0.2, -0.15) is 12.6 Å². The molecule has 0 aliphatic rings. The van der Waals surface area contributed by atoms with Gasteiger partial charge < -0.3 is 16.2 Å². The highest BCUT2D eigenvalue weighted by atomic mass is 32.1. The number of carboxylic acid groups (broad SMARTS) is 1. The van der Waals surface area contributed by atoms with E-state index in [2.05, 4.69) is 17.9 Å². The smallest absolute Gasteiger partial charge is 0.326 e. The van der Waals surface area contributed by atoms with E-state index in [1.165, 1.54) is 4.90 Å². The first-order chi connectivity index (χ1) is 15.8. The van der Waals surface area contributed by atoms with Crippen LogP contribution in [-0.4, -0.2) is 41.4 Å². The van der Waals surface area contributed by atoms with Crippen LogP contribution >= 0.6 is 12.6 Å². The van der Waals surface area contributed by atoms with Gasteiger partial charge in [-0.3, -0.25) is 9.69 Å². The number of anilines is 2. The first-order valence-electron chi connectivity index (χ1n) is 11.1. The van der Waals surface area contributed by atoms with Gasteiger partial charge >= 0.3 is 5.97 Å². The molecule has 4 N–H and O–H groups in total. The number of amides is 1. The summed E-state index contributed by atoms with van der Waals surface area (Å²) in [5, 5.41) is 15.3. The lowest BCUT2D eigenvalue weighted by molar-refractivity contribution is -0.138. The highest BCUT2D eigenvalue weighted by molar-refractivity contribution is 7.80. The Balaban J connectivity index is 2.17. The second kappa shape index (κ2) is 11.2. The van der Waals surface area contributed by atoms with E-state index in [-0.39, 0.29) is 17.9 Å². The molecule has 7 heteroatoms. The number of fused-ring (bicyclic) bond motifs is 1. The van der Waals surface area contributed by atoms with Crippen LogP contribution in [0, 0.1) is 5.92 Å². The van der Waals surface area contributed by atoms with Crippen molar-refractivity contribution >= 4 is 46.7 Å². The van der Waals surface area contributed by atoms with Crippen LogP contribution in [-0.2, 0) is 4.79 Å². The number of carbonyl (C=O) groups is 2. The summed E-state index contributed by atoms with van der Waals surface area (Å²) in [4.78, 5) is 27.4. The molecule has 0 saturated heterocycles. The van der Waals surface area contributed by atoms with E-state index in [4.69, 9.17) is 5.73 Å². The minimum absolute atomic E-state index is 0.0867. The highest BCUT2D eigenvalue weighted by Gasteiger charge is 2.33. The van der Waals surface area contributed by atoms with Gasteiger partial charge in [-0.15, -0.1) is 0 Å². The van der Waals surface area contributed by atoms with Crippen LogP contribution in [0.2, 0.25) is 0 Å². The van der Waals surface area contributed by atoms with Crippen LogP contribution in [0.15, 0.2) is 66.7 Å². The maximum absolute atomic E-state index is 13.6. The number of hydrogen-bond donors (Lipinski definition) is 4. The number of carboxylic acids is 1. The van der Waals surface area contributed by atoms with Crippen molar-refractivity contribution in [3.8, 4) is 0 Å². The molecule has 3 aromatic carbocycles. The average Bonchev–Trinajstić information content (AvgIpc) is 2.81. The third kappa shape index (κ3) is 6.06. The lowest BCUT2D eigenvalue weighted by Crippen LogP contribution is -2.46. The summed E-state index contributed by atoms with van der Waals surface area (Å²) in [6, 6.07) is 19.1. The Morgan fingerprint density at radius 3 is 2.36 bits per heavy atom. The summed E-state index contributed by atoms with van der Waals surface area (Å²) in [6.45, 7) is 4.40. The van der Waals surface area contributed by atoms with E-state index in [1.807, 2.05) is 56.3 Å². The van der Waals surface area contributed by atoms with Gasteiger partial charge in [0, 0.05) is 40.7 Å². The monoisotopic (exact) mass is 465 g/mol. The minimum atomic E-state index is -1.03. The Hall–Kier alpha value is -3.03. The number of benzene rings is 3. The Bertz CT molecular complexity index is 1100. The lowest BCUT2D eigenvalue weighted by atomic mass is 9.99. The summed E-state index contributed by atoms with van der Waals surface area (Å²) in [5.74, 6) is -0.771. The van der Waals surface area contributed by atoms with Crippen molar-refractivity contribution in [2.75, 3.05) is 22.5 Å². The summed E-state index contributed by atoms with van der Waals surface area (Å²) < 4.78 is 0. The predicted molar refractivity (Wildman–Crippen MR) is 138 cm³/mol. The average molecular weight is 466 g/mol. The van der Waals surface area contributed by atoms with Crippen LogP contribution < -0.4 is 16.0 Å². The first kappa shape index (κ1) is 24.6. The molecule has 0 saturated carbocycles. The molecule has 3 rings (SSSR count). The van der Waals surface area contributed by atoms with E-state index in [1.54, 1.807) is 24.3 Å². The van der Waals surface area contributed by atoms with Crippen molar-refractivity contribution in [3.05, 3.63) is 72.3 Å². The maximum atomic E-state index is 13.6. The standard InChI is InChI=1S/C26H31N3O3S/c1-17(2)12-24(26(31)32)29(25(30)18-8-4-3-5-9-18)21-13-19-10-6-7-11-22(19)23(14-21)28-15-20(27)16-33/h3-11,13-14,17,20,24,28,33H,12,15-16,27H2,1-2H3,(H,31,32)/t20-,24+/m1/s1. The molecule has 0 heterocycles. The Labute approximate surface area is 200 Å². The molecule has 2 atom stereocenters. The van der Waals surface area contributed by atoms with Crippen LogP contribution in [0.3, 0.4) is 0 Å². The van der Waals surface area contributed by atoms with Gasteiger partial charge in [-0.25, -0.2) is 4.79 Å². The molecule has 6 nitrogen and oxygen atoms in total. The van der Waals surface area contributed by atoms with Crippen molar-refractivity contribution in [1.29, 1.82) is 0 Å². The molecular formula is C26H31N3O3S. The van der Waals surface area contributed by atoms with E-state index in [0.717, 1.165) is 16.5 Å². The largest absolute Gasteiger partial charge is 0.480 e. The molecule has 3 aromatic rings. The van der Waals surface area contributed by atoms with E-state index in [9.17, 15) is 14.7 Å². The third-order valence-electron chi connectivity index (χ3n) is 5.44. The molecule has 0 radical (unpaired) electrons. The molecule has 0 bridgehead atoms. The quantitative estimate of drug-likeness (QED) is 0.327. The zero-order chi connectivity index (χ0) is 24.0. The van der Waals surface area contributed by atoms with E-state index < -0.39 is 12.0 Å². The van der Waals surface area contributed by atoms with Gasteiger partial charge in [0.25, 0.3) is 5.91 Å². The number of carbonyl (C=O) groups excluding carboxylic acids is 1. The van der Waals surface area contributed by atoms with E-state index >= 15 is 0 Å². The van der Waals surface area contributed by atoms with Gasteiger partial charge in [0.15, 0.2) is 0 Å². The molecule has 1 amide bonds. The molecule has 0 aliphatic heterocycles. The molecular weight excluding hydrogens is 434 g/mol. The van der Waals surface area contributed by atoms with E-state index in [0.29, 0.717) is 30.0 Å². The molecule has 0 fully saturated rings. The minimum Gasteiger partial charge on any atom is -0.480 e. The number of thiol groups is 1. The molecule has 0 unspecified atom stereocenters. The Morgan fingerprint density at radius 2 is 1.73 bits per heavy atom. The summed E-state index contributed by atoms with van der Waals surface area (Å²) in [6.07, 6.45) is 0.327. The summed E-state index contributed by atoms with van der Waals surface area (Å²) in [5.41, 5.74) is 7.80. The number of rotatable bonds is 10. The molecule has 33 heavy (non-hydrogen) atoms.